The number of aryl methyl sites for hydroxylation is 1. The van der Waals surface area contributed by atoms with Crippen LogP contribution in [0.5, 0.6) is 11.5 Å². The summed E-state index contributed by atoms with van der Waals surface area (Å²) in [6.07, 6.45) is 2.15. The largest absolute Gasteiger partial charge is 0.493 e. The molecule has 144 valence electrons. The number of carbonyl (C=O) groups is 1. The highest BCUT2D eigenvalue weighted by atomic mass is 35.5. The van der Waals surface area contributed by atoms with Gasteiger partial charge in [0.1, 0.15) is 4.90 Å². The molecule has 0 unspecified atom stereocenters. The molecule has 2 aromatic rings. The summed E-state index contributed by atoms with van der Waals surface area (Å²) in [6.45, 7) is 1.80. The summed E-state index contributed by atoms with van der Waals surface area (Å²) in [5.41, 5.74) is 1.40. The molecule has 0 saturated carbocycles. The number of aliphatic carboxylic acids is 1. The second-order valence-electron chi connectivity index (χ2n) is 5.50. The Bertz CT molecular complexity index is 1000. The molecule has 0 bridgehead atoms. The lowest BCUT2D eigenvalue weighted by molar-refractivity contribution is -0.131. The molecule has 0 fully saturated rings. The fraction of sp³-hybridized carbons (Fsp3) is 0.167. The smallest absolute Gasteiger partial charge is 0.328 e. The number of hydrogen-bond acceptors (Lipinski definition) is 5. The highest BCUT2D eigenvalue weighted by Gasteiger charge is 2.24. The Hall–Kier alpha value is -2.71. The van der Waals surface area contributed by atoms with Crippen molar-refractivity contribution in [2.75, 3.05) is 18.9 Å². The van der Waals surface area contributed by atoms with Gasteiger partial charge in [-0.15, -0.1) is 0 Å². The Morgan fingerprint density at radius 1 is 1.19 bits per heavy atom. The SMILES string of the molecule is COc1cc(/C=C/C(=O)O)cc(S(=O)(=O)Nc2ccc(C)c(Cl)c2)c1OC. The molecular formula is C18H18ClNO6S. The highest BCUT2D eigenvalue weighted by Crippen LogP contribution is 2.37. The number of methoxy groups -OCH3 is 2. The van der Waals surface area contributed by atoms with Gasteiger partial charge >= 0.3 is 5.97 Å². The van der Waals surface area contributed by atoms with Crippen molar-refractivity contribution in [2.45, 2.75) is 11.8 Å². The molecule has 0 aliphatic rings. The highest BCUT2D eigenvalue weighted by molar-refractivity contribution is 7.92. The van der Waals surface area contributed by atoms with E-state index in [1.165, 1.54) is 38.5 Å². The van der Waals surface area contributed by atoms with E-state index in [2.05, 4.69) is 4.72 Å². The number of ether oxygens (including phenoxy) is 2. The Morgan fingerprint density at radius 2 is 1.89 bits per heavy atom. The third-order valence-corrected chi connectivity index (χ3v) is 5.39. The molecule has 0 amide bonds. The van der Waals surface area contributed by atoms with E-state index in [0.717, 1.165) is 11.6 Å². The van der Waals surface area contributed by atoms with E-state index in [9.17, 15) is 13.2 Å². The Balaban J connectivity index is 2.56. The Kier molecular flexibility index (Phi) is 6.35. The molecule has 0 aliphatic heterocycles. The minimum absolute atomic E-state index is 0.00400. The van der Waals surface area contributed by atoms with Crippen LogP contribution in [0.2, 0.25) is 5.02 Å². The molecule has 7 nitrogen and oxygen atoms in total. The zero-order chi connectivity index (χ0) is 20.2. The van der Waals surface area contributed by atoms with Gasteiger partial charge in [-0.3, -0.25) is 4.72 Å². The predicted molar refractivity (Wildman–Crippen MR) is 103 cm³/mol. The van der Waals surface area contributed by atoms with Crippen molar-refractivity contribution in [1.29, 1.82) is 0 Å². The van der Waals surface area contributed by atoms with Crippen LogP contribution >= 0.6 is 11.6 Å². The van der Waals surface area contributed by atoms with Gasteiger partial charge in [-0.05, 0) is 48.4 Å². The number of benzene rings is 2. The van der Waals surface area contributed by atoms with Gasteiger partial charge in [0.2, 0.25) is 0 Å². The first-order valence-electron chi connectivity index (χ1n) is 7.64. The van der Waals surface area contributed by atoms with Crippen molar-refractivity contribution in [3.63, 3.8) is 0 Å². The first-order valence-corrected chi connectivity index (χ1v) is 9.50. The molecule has 2 N–H and O–H groups in total. The van der Waals surface area contributed by atoms with E-state index < -0.39 is 16.0 Å². The van der Waals surface area contributed by atoms with Crippen molar-refractivity contribution in [3.8, 4) is 11.5 Å². The summed E-state index contributed by atoms with van der Waals surface area (Å²) >= 11 is 6.05. The van der Waals surface area contributed by atoms with Crippen molar-refractivity contribution in [2.24, 2.45) is 0 Å². The molecule has 0 spiro atoms. The maximum atomic E-state index is 12.9. The van der Waals surface area contributed by atoms with Crippen LogP contribution in [0.3, 0.4) is 0 Å². The third kappa shape index (κ3) is 4.93. The van der Waals surface area contributed by atoms with Crippen molar-refractivity contribution >= 4 is 39.4 Å². The third-order valence-electron chi connectivity index (χ3n) is 3.60. The van der Waals surface area contributed by atoms with Crippen LogP contribution in [0.1, 0.15) is 11.1 Å². The fourth-order valence-corrected chi connectivity index (χ4v) is 3.73. The van der Waals surface area contributed by atoms with Gasteiger partial charge < -0.3 is 14.6 Å². The second-order valence-corrected chi connectivity index (χ2v) is 7.55. The minimum atomic E-state index is -4.07. The standard InChI is InChI=1S/C18H18ClNO6S/c1-11-4-6-13(10-14(11)19)20-27(23,24)16-9-12(5-7-17(21)22)8-15(25-2)18(16)26-3/h4-10,20H,1-3H3,(H,21,22)/b7-5+. The fourth-order valence-electron chi connectivity index (χ4n) is 2.28. The molecule has 27 heavy (non-hydrogen) atoms. The molecule has 0 saturated heterocycles. The number of sulfonamides is 1. The van der Waals surface area contributed by atoms with Crippen LogP contribution in [0.15, 0.2) is 41.3 Å². The van der Waals surface area contributed by atoms with Crippen LogP contribution in [-0.2, 0) is 14.8 Å². The van der Waals surface area contributed by atoms with Crippen molar-refractivity contribution in [3.05, 3.63) is 52.6 Å². The first-order chi connectivity index (χ1) is 12.7. The van der Waals surface area contributed by atoms with Crippen molar-refractivity contribution in [1.82, 2.24) is 0 Å². The number of rotatable bonds is 7. The van der Waals surface area contributed by atoms with Gasteiger partial charge in [0.15, 0.2) is 11.5 Å². The van der Waals surface area contributed by atoms with Crippen LogP contribution in [0.4, 0.5) is 5.69 Å². The molecule has 2 rings (SSSR count). The van der Waals surface area contributed by atoms with Gasteiger partial charge in [-0.2, -0.15) is 0 Å². The number of anilines is 1. The summed E-state index contributed by atoms with van der Waals surface area (Å²) in [4.78, 5) is 10.5. The lowest BCUT2D eigenvalue weighted by Crippen LogP contribution is -2.15. The van der Waals surface area contributed by atoms with Crippen LogP contribution in [-0.4, -0.2) is 33.7 Å². The van der Waals surface area contributed by atoms with E-state index in [0.29, 0.717) is 10.6 Å². The summed E-state index contributed by atoms with van der Waals surface area (Å²) in [5.74, 6) is -1.02. The molecule has 0 atom stereocenters. The maximum absolute atomic E-state index is 12.9. The number of carboxylic acids is 1. The normalized spacial score (nSPS) is 11.4. The monoisotopic (exact) mass is 411 g/mol. The number of halogens is 1. The zero-order valence-corrected chi connectivity index (χ0v) is 16.4. The van der Waals surface area contributed by atoms with E-state index in [1.54, 1.807) is 19.1 Å². The Morgan fingerprint density at radius 3 is 2.44 bits per heavy atom. The summed E-state index contributed by atoms with van der Waals surface area (Å²) < 4.78 is 38.6. The molecule has 9 heteroatoms. The van der Waals surface area contributed by atoms with Crippen LogP contribution in [0, 0.1) is 6.92 Å². The van der Waals surface area contributed by atoms with Gasteiger partial charge in [0, 0.05) is 11.1 Å². The molecule has 0 aliphatic carbocycles. The summed E-state index contributed by atoms with van der Waals surface area (Å²) in [5, 5.41) is 9.20. The summed E-state index contributed by atoms with van der Waals surface area (Å²) in [6, 6.07) is 7.52. The summed E-state index contributed by atoms with van der Waals surface area (Å²) in [7, 11) is -1.41. The predicted octanol–water partition coefficient (Wildman–Crippen LogP) is 3.56. The molecular weight excluding hydrogens is 394 g/mol. The zero-order valence-electron chi connectivity index (χ0n) is 14.8. The molecule has 0 radical (unpaired) electrons. The van der Waals surface area contributed by atoms with Gasteiger partial charge in [-0.25, -0.2) is 13.2 Å². The van der Waals surface area contributed by atoms with E-state index in [1.807, 2.05) is 0 Å². The van der Waals surface area contributed by atoms with E-state index in [-0.39, 0.29) is 22.1 Å². The average molecular weight is 412 g/mol. The minimum Gasteiger partial charge on any atom is -0.493 e. The molecule has 0 aromatic heterocycles. The molecule has 2 aromatic carbocycles. The lowest BCUT2D eigenvalue weighted by Gasteiger charge is -2.16. The quantitative estimate of drug-likeness (QED) is 0.675. The van der Waals surface area contributed by atoms with E-state index in [4.69, 9.17) is 26.2 Å². The van der Waals surface area contributed by atoms with Crippen LogP contribution in [0.25, 0.3) is 6.08 Å². The van der Waals surface area contributed by atoms with Crippen molar-refractivity contribution < 1.29 is 27.8 Å². The van der Waals surface area contributed by atoms with Crippen LogP contribution < -0.4 is 14.2 Å². The molecule has 0 heterocycles. The number of hydrogen-bond donors (Lipinski definition) is 2. The van der Waals surface area contributed by atoms with Gasteiger partial charge in [0.25, 0.3) is 10.0 Å². The second kappa shape index (κ2) is 8.32. The van der Waals surface area contributed by atoms with Gasteiger partial charge in [0.05, 0.1) is 19.9 Å². The number of carboxylic acid groups (broad SMARTS) is 1. The van der Waals surface area contributed by atoms with Gasteiger partial charge in [-0.1, -0.05) is 17.7 Å². The first kappa shape index (κ1) is 20.6. The Labute approximate surface area is 162 Å². The van der Waals surface area contributed by atoms with E-state index >= 15 is 0 Å². The topological polar surface area (TPSA) is 102 Å². The maximum Gasteiger partial charge on any atom is 0.328 e. The average Bonchev–Trinajstić information content (AvgIpc) is 2.61. The number of nitrogens with one attached hydrogen (secondary N) is 1. The lowest BCUT2D eigenvalue weighted by atomic mass is 10.2.